The Labute approximate surface area is 206 Å². The van der Waals surface area contributed by atoms with Crippen molar-refractivity contribution in [2.75, 3.05) is 32.7 Å². The molecule has 5 rings (SSSR count). The van der Waals surface area contributed by atoms with Crippen LogP contribution in [0.4, 0.5) is 19.0 Å². The van der Waals surface area contributed by atoms with Gasteiger partial charge in [-0.25, -0.2) is 0 Å². The summed E-state index contributed by atoms with van der Waals surface area (Å²) >= 11 is 0. The van der Waals surface area contributed by atoms with Crippen LogP contribution in [0, 0.1) is 10.1 Å². The summed E-state index contributed by atoms with van der Waals surface area (Å²) in [6, 6.07) is 13.4. The van der Waals surface area contributed by atoms with Gasteiger partial charge in [-0.2, -0.15) is 13.2 Å². The van der Waals surface area contributed by atoms with E-state index in [1.54, 1.807) is 4.57 Å². The van der Waals surface area contributed by atoms with Gasteiger partial charge in [0.1, 0.15) is 11.8 Å². The number of alkyl halides is 3. The quantitative estimate of drug-likeness (QED) is 0.367. The number of nitrogens with zero attached hydrogens (tertiary/aromatic N) is 5. The Morgan fingerprint density at radius 2 is 1.58 bits per heavy atom. The average molecular weight is 502 g/mol. The maximum Gasteiger partial charge on any atom is 0.416 e. The molecule has 1 saturated heterocycles. The van der Waals surface area contributed by atoms with Crippen molar-refractivity contribution in [2.24, 2.45) is 0 Å². The highest BCUT2D eigenvalue weighted by Crippen LogP contribution is 2.32. The van der Waals surface area contributed by atoms with Crippen LogP contribution in [0.25, 0.3) is 11.1 Å². The molecule has 2 aliphatic rings. The van der Waals surface area contributed by atoms with Crippen molar-refractivity contribution in [1.82, 2.24) is 19.4 Å². The highest BCUT2D eigenvalue weighted by molar-refractivity contribution is 5.64. The Kier molecular flexibility index (Phi) is 6.21. The number of nitro groups is 1. The second-order valence-electron chi connectivity index (χ2n) is 9.64. The summed E-state index contributed by atoms with van der Waals surface area (Å²) in [4.78, 5) is 19.0. The molecule has 36 heavy (non-hydrogen) atoms. The number of aromatic nitrogens is 2. The van der Waals surface area contributed by atoms with Crippen molar-refractivity contribution in [3.63, 3.8) is 0 Å². The monoisotopic (exact) mass is 501 g/mol. The molecule has 1 atom stereocenters. The van der Waals surface area contributed by atoms with Gasteiger partial charge in [-0.05, 0) is 40.7 Å². The van der Waals surface area contributed by atoms with Crippen LogP contribution in [-0.2, 0) is 19.3 Å². The Morgan fingerprint density at radius 1 is 1.00 bits per heavy atom. The maximum atomic E-state index is 12.8. The molecule has 2 aliphatic heterocycles. The first-order valence-corrected chi connectivity index (χ1v) is 11.7. The molecule has 0 aliphatic carbocycles. The zero-order chi connectivity index (χ0) is 25.5. The van der Waals surface area contributed by atoms with E-state index in [1.807, 2.05) is 31.2 Å². The van der Waals surface area contributed by atoms with Gasteiger partial charge in [0.2, 0.25) is 0 Å². The van der Waals surface area contributed by atoms with E-state index in [1.165, 1.54) is 18.3 Å². The van der Waals surface area contributed by atoms with Crippen molar-refractivity contribution in [2.45, 2.75) is 31.8 Å². The number of piperazine rings is 1. The minimum absolute atomic E-state index is 0.201. The SMILES string of the molecule is C[C@]1(CN2CCN(Cc3ccc(-c4ccc(C(F)(F)F)cc4)cc3)CC2)Cn2cc([N+](=O)[O-])nc2O1. The van der Waals surface area contributed by atoms with Crippen LogP contribution in [0.1, 0.15) is 18.1 Å². The molecule has 0 amide bonds. The second kappa shape index (κ2) is 9.21. The normalized spacial score (nSPS) is 20.8. The molecule has 1 aromatic heterocycles. The van der Waals surface area contributed by atoms with E-state index in [9.17, 15) is 23.3 Å². The van der Waals surface area contributed by atoms with Crippen LogP contribution in [-0.4, -0.2) is 62.6 Å². The molecule has 3 heterocycles. The van der Waals surface area contributed by atoms with Gasteiger partial charge in [-0.1, -0.05) is 36.4 Å². The summed E-state index contributed by atoms with van der Waals surface area (Å²) in [6.07, 6.45) is -2.91. The van der Waals surface area contributed by atoms with Crippen LogP contribution in [0.2, 0.25) is 0 Å². The Bertz CT molecular complexity index is 1210. The van der Waals surface area contributed by atoms with Crippen LogP contribution in [0.15, 0.2) is 54.7 Å². The van der Waals surface area contributed by atoms with Crippen LogP contribution in [0.5, 0.6) is 6.01 Å². The molecule has 2 aromatic carbocycles. The third-order valence-corrected chi connectivity index (χ3v) is 6.69. The molecule has 0 saturated carbocycles. The number of rotatable bonds is 6. The first-order chi connectivity index (χ1) is 17.1. The van der Waals surface area contributed by atoms with Crippen molar-refractivity contribution in [3.8, 4) is 17.1 Å². The van der Waals surface area contributed by atoms with Gasteiger partial charge >= 0.3 is 18.0 Å². The molecule has 0 radical (unpaired) electrons. The smallest absolute Gasteiger partial charge is 0.416 e. The number of imidazole rings is 1. The number of fused-ring (bicyclic) bond motifs is 1. The van der Waals surface area contributed by atoms with Gasteiger partial charge in [0.15, 0.2) is 0 Å². The van der Waals surface area contributed by atoms with Gasteiger partial charge in [0.05, 0.1) is 12.1 Å². The lowest BCUT2D eigenvalue weighted by Crippen LogP contribution is -2.52. The topological polar surface area (TPSA) is 76.7 Å². The molecule has 0 N–H and O–H groups in total. The zero-order valence-electron chi connectivity index (χ0n) is 19.7. The molecule has 0 unspecified atom stereocenters. The number of ether oxygens (including phenoxy) is 1. The fraction of sp³-hybridized carbons (Fsp3) is 0.400. The molecule has 1 fully saturated rings. The maximum absolute atomic E-state index is 12.8. The Balaban J connectivity index is 1.11. The predicted octanol–water partition coefficient (Wildman–Crippen LogP) is 4.45. The van der Waals surface area contributed by atoms with Gasteiger partial charge in [0, 0.05) is 44.3 Å². The van der Waals surface area contributed by atoms with Crippen molar-refractivity contribution in [3.05, 3.63) is 76.0 Å². The highest BCUT2D eigenvalue weighted by atomic mass is 19.4. The molecule has 3 aromatic rings. The Morgan fingerprint density at radius 3 is 2.14 bits per heavy atom. The summed E-state index contributed by atoms with van der Waals surface area (Å²) in [6.45, 7) is 7.58. The van der Waals surface area contributed by atoms with E-state index < -0.39 is 22.3 Å². The standard InChI is InChI=1S/C25H26F3N5O3/c1-24(17-32-15-22(33(34)35)29-23(32)36-24)16-31-12-10-30(11-13-31)14-18-2-4-19(5-3-18)20-6-8-21(9-7-20)25(26,27)28/h2-9,15H,10-14,16-17H2,1H3/t24-/m0/s1. The zero-order valence-corrected chi connectivity index (χ0v) is 19.7. The van der Waals surface area contributed by atoms with Crippen molar-refractivity contribution < 1.29 is 22.8 Å². The highest BCUT2D eigenvalue weighted by Gasteiger charge is 2.41. The fourth-order valence-corrected chi connectivity index (χ4v) is 4.85. The third-order valence-electron chi connectivity index (χ3n) is 6.69. The van der Waals surface area contributed by atoms with Crippen LogP contribution >= 0.6 is 0 Å². The summed E-state index contributed by atoms with van der Waals surface area (Å²) in [7, 11) is 0. The van der Waals surface area contributed by atoms with Gasteiger partial charge in [-0.15, -0.1) is 0 Å². The van der Waals surface area contributed by atoms with Gasteiger partial charge in [0.25, 0.3) is 0 Å². The van der Waals surface area contributed by atoms with Gasteiger partial charge < -0.3 is 14.9 Å². The van der Waals surface area contributed by atoms with E-state index in [0.717, 1.165) is 61.5 Å². The number of hydrogen-bond donors (Lipinski definition) is 0. The average Bonchev–Trinajstić information content (AvgIpc) is 3.36. The largest absolute Gasteiger partial charge is 0.436 e. The van der Waals surface area contributed by atoms with Gasteiger partial charge in [-0.3, -0.25) is 14.4 Å². The fourth-order valence-electron chi connectivity index (χ4n) is 4.85. The number of benzene rings is 2. The number of hydrogen-bond acceptors (Lipinski definition) is 6. The summed E-state index contributed by atoms with van der Waals surface area (Å²) in [5.41, 5.74) is 1.66. The molecular weight excluding hydrogens is 475 g/mol. The van der Waals surface area contributed by atoms with Crippen molar-refractivity contribution in [1.29, 1.82) is 0 Å². The second-order valence-corrected chi connectivity index (χ2v) is 9.64. The predicted molar refractivity (Wildman–Crippen MR) is 127 cm³/mol. The first kappa shape index (κ1) is 24.3. The number of halogens is 3. The molecule has 0 bridgehead atoms. The lowest BCUT2D eigenvalue weighted by molar-refractivity contribution is -0.389. The lowest BCUT2D eigenvalue weighted by atomic mass is 10.0. The minimum atomic E-state index is -4.33. The molecule has 8 nitrogen and oxygen atoms in total. The summed E-state index contributed by atoms with van der Waals surface area (Å²) in [5, 5.41) is 10.9. The molecule has 11 heteroatoms. The molecule has 0 spiro atoms. The molecule has 190 valence electrons. The first-order valence-electron chi connectivity index (χ1n) is 11.7. The van der Waals surface area contributed by atoms with Crippen molar-refractivity contribution >= 4 is 5.82 Å². The van der Waals surface area contributed by atoms with E-state index in [-0.39, 0.29) is 5.82 Å². The third kappa shape index (κ3) is 5.21. The lowest BCUT2D eigenvalue weighted by Gasteiger charge is -2.38. The van der Waals surface area contributed by atoms with E-state index in [0.29, 0.717) is 19.1 Å². The molecular formula is C25H26F3N5O3. The van der Waals surface area contributed by atoms with E-state index >= 15 is 0 Å². The minimum Gasteiger partial charge on any atom is -0.436 e. The van der Waals surface area contributed by atoms with E-state index in [2.05, 4.69) is 14.8 Å². The Hall–Kier alpha value is -3.44. The summed E-state index contributed by atoms with van der Waals surface area (Å²) in [5.74, 6) is -0.201. The van der Waals surface area contributed by atoms with E-state index in [4.69, 9.17) is 4.74 Å². The van der Waals surface area contributed by atoms with Crippen LogP contribution in [0.3, 0.4) is 0 Å². The van der Waals surface area contributed by atoms with Crippen LogP contribution < -0.4 is 4.74 Å². The summed E-state index contributed by atoms with van der Waals surface area (Å²) < 4.78 is 46.0.